The first-order valence-electron chi connectivity index (χ1n) is 12.6. The number of aromatic nitrogens is 2. The van der Waals surface area contributed by atoms with E-state index in [9.17, 15) is 9.59 Å². The highest BCUT2D eigenvalue weighted by Gasteiger charge is 2.15. The molecule has 1 N–H and O–H groups in total. The second-order valence-corrected chi connectivity index (χ2v) is 9.50. The van der Waals surface area contributed by atoms with Gasteiger partial charge in [0.05, 0.1) is 28.2 Å². The molecule has 0 aliphatic heterocycles. The second kappa shape index (κ2) is 12.4. The van der Waals surface area contributed by atoms with Crippen molar-refractivity contribution in [2.45, 2.75) is 6.92 Å². The third-order valence-corrected chi connectivity index (χ3v) is 6.43. The third-order valence-electron chi connectivity index (χ3n) is 5.84. The minimum absolute atomic E-state index is 0.209. The van der Waals surface area contributed by atoms with E-state index in [1.54, 1.807) is 42.6 Å². The van der Waals surface area contributed by atoms with Gasteiger partial charge in [-0.3, -0.25) is 9.59 Å². The first-order valence-corrected chi connectivity index (χ1v) is 13.4. The minimum Gasteiger partial charge on any atom is -0.490 e. The summed E-state index contributed by atoms with van der Waals surface area (Å²) >= 11 is 3.53. The number of carbonyl (C=O) groups excluding carboxylic acids is 1. The molecular formula is C31H25BrN4O4. The van der Waals surface area contributed by atoms with Crippen LogP contribution in [0, 0.1) is 0 Å². The molecule has 9 heteroatoms. The Balaban J connectivity index is 1.45. The van der Waals surface area contributed by atoms with E-state index in [1.165, 1.54) is 4.68 Å². The highest BCUT2D eigenvalue weighted by molar-refractivity contribution is 9.10. The monoisotopic (exact) mass is 596 g/mol. The fourth-order valence-electron chi connectivity index (χ4n) is 4.05. The Bertz CT molecular complexity index is 1740. The van der Waals surface area contributed by atoms with Crippen molar-refractivity contribution in [3.8, 4) is 22.9 Å². The smallest absolute Gasteiger partial charge is 0.282 e. The van der Waals surface area contributed by atoms with Crippen LogP contribution in [0.25, 0.3) is 22.3 Å². The fraction of sp³-hybridized carbons (Fsp3) is 0.0968. The van der Waals surface area contributed by atoms with Crippen LogP contribution in [0.15, 0.2) is 111 Å². The Morgan fingerprint density at radius 3 is 2.42 bits per heavy atom. The Morgan fingerprint density at radius 2 is 1.68 bits per heavy atom. The molecule has 200 valence electrons. The van der Waals surface area contributed by atoms with E-state index >= 15 is 0 Å². The molecule has 5 aromatic rings. The molecule has 40 heavy (non-hydrogen) atoms. The normalized spacial score (nSPS) is 11.1. The van der Waals surface area contributed by atoms with Crippen LogP contribution in [-0.2, 0) is 4.79 Å². The molecule has 8 nitrogen and oxygen atoms in total. The molecule has 0 spiro atoms. The Kier molecular flexibility index (Phi) is 8.32. The van der Waals surface area contributed by atoms with Crippen LogP contribution in [0.1, 0.15) is 12.5 Å². The highest BCUT2D eigenvalue weighted by atomic mass is 79.9. The van der Waals surface area contributed by atoms with Gasteiger partial charge < -0.3 is 14.8 Å². The molecular weight excluding hydrogens is 572 g/mol. The van der Waals surface area contributed by atoms with Crippen molar-refractivity contribution < 1.29 is 14.3 Å². The molecule has 0 bridgehead atoms. The summed E-state index contributed by atoms with van der Waals surface area (Å²) in [5, 5.41) is 7.79. The van der Waals surface area contributed by atoms with E-state index in [-0.39, 0.29) is 18.1 Å². The number of nitrogens with zero attached hydrogens (tertiary/aromatic N) is 3. The molecule has 5 rings (SSSR count). The zero-order valence-electron chi connectivity index (χ0n) is 21.6. The van der Waals surface area contributed by atoms with E-state index in [1.807, 2.05) is 67.6 Å². The van der Waals surface area contributed by atoms with Crippen molar-refractivity contribution in [2.24, 2.45) is 5.10 Å². The predicted octanol–water partition coefficient (Wildman–Crippen LogP) is 6.12. The van der Waals surface area contributed by atoms with Gasteiger partial charge in [-0.05, 0) is 64.8 Å². The third kappa shape index (κ3) is 6.10. The number of para-hydroxylation sites is 2. The minimum atomic E-state index is -0.303. The summed E-state index contributed by atoms with van der Waals surface area (Å²) in [5.41, 5.74) is 2.40. The van der Waals surface area contributed by atoms with Crippen LogP contribution >= 0.6 is 15.9 Å². The van der Waals surface area contributed by atoms with Gasteiger partial charge >= 0.3 is 0 Å². The number of anilines is 1. The molecule has 0 saturated heterocycles. The molecule has 4 aromatic carbocycles. The number of rotatable bonds is 9. The van der Waals surface area contributed by atoms with E-state index in [0.717, 1.165) is 5.56 Å². The lowest BCUT2D eigenvalue weighted by atomic mass is 10.2. The van der Waals surface area contributed by atoms with Crippen molar-refractivity contribution in [2.75, 3.05) is 18.5 Å². The maximum Gasteiger partial charge on any atom is 0.282 e. The summed E-state index contributed by atoms with van der Waals surface area (Å²) in [6.45, 7) is 2.03. The summed E-state index contributed by atoms with van der Waals surface area (Å²) < 4.78 is 13.5. The summed E-state index contributed by atoms with van der Waals surface area (Å²) in [4.78, 5) is 30.6. The van der Waals surface area contributed by atoms with Gasteiger partial charge in [0.2, 0.25) is 0 Å². The molecule has 0 atom stereocenters. The number of fused-ring (bicyclic) bond motifs is 1. The summed E-state index contributed by atoms with van der Waals surface area (Å²) in [6.07, 6.45) is 1.56. The zero-order chi connectivity index (χ0) is 27.9. The van der Waals surface area contributed by atoms with E-state index in [2.05, 4.69) is 26.3 Å². The van der Waals surface area contributed by atoms with Crippen molar-refractivity contribution in [3.63, 3.8) is 0 Å². The fourth-order valence-corrected chi connectivity index (χ4v) is 4.63. The number of amides is 1. The van der Waals surface area contributed by atoms with Crippen LogP contribution < -0.4 is 20.3 Å². The van der Waals surface area contributed by atoms with Crippen molar-refractivity contribution in [1.29, 1.82) is 0 Å². The number of ether oxygens (including phenoxy) is 2. The molecule has 0 saturated carbocycles. The number of carbonyl (C=O) groups is 1. The van der Waals surface area contributed by atoms with Gasteiger partial charge in [0.25, 0.3) is 11.5 Å². The number of hydrogen-bond acceptors (Lipinski definition) is 6. The maximum atomic E-state index is 13.4. The van der Waals surface area contributed by atoms with Gasteiger partial charge in [-0.15, -0.1) is 0 Å². The quantitative estimate of drug-likeness (QED) is 0.207. The van der Waals surface area contributed by atoms with Crippen LogP contribution in [0.5, 0.6) is 11.5 Å². The first kappa shape index (κ1) is 26.8. The number of halogens is 1. The second-order valence-electron chi connectivity index (χ2n) is 8.65. The largest absolute Gasteiger partial charge is 0.490 e. The van der Waals surface area contributed by atoms with Crippen LogP contribution in [-0.4, -0.2) is 35.0 Å². The summed E-state index contributed by atoms with van der Waals surface area (Å²) in [7, 11) is 0. The molecule has 0 radical (unpaired) electrons. The van der Waals surface area contributed by atoms with Crippen molar-refractivity contribution >= 4 is 44.6 Å². The van der Waals surface area contributed by atoms with Crippen molar-refractivity contribution in [1.82, 2.24) is 9.66 Å². The summed E-state index contributed by atoms with van der Waals surface area (Å²) in [5.74, 6) is 0.937. The lowest BCUT2D eigenvalue weighted by Gasteiger charge is -2.15. The molecule has 0 unspecified atom stereocenters. The molecule has 0 aliphatic rings. The van der Waals surface area contributed by atoms with E-state index < -0.39 is 0 Å². The lowest BCUT2D eigenvalue weighted by molar-refractivity contribution is -0.118. The van der Waals surface area contributed by atoms with Gasteiger partial charge in [0, 0.05) is 11.3 Å². The number of benzene rings is 4. The van der Waals surface area contributed by atoms with Gasteiger partial charge in [-0.1, -0.05) is 60.7 Å². The maximum absolute atomic E-state index is 13.4. The van der Waals surface area contributed by atoms with E-state index in [0.29, 0.717) is 50.6 Å². The SMILES string of the molecule is CCOc1cc(C=Nn2c(-c3ccccc3)nc3ccccc3c2=O)cc(Br)c1OCC(=O)Nc1ccccc1. The molecule has 0 aliphatic carbocycles. The first-order chi connectivity index (χ1) is 19.5. The van der Waals surface area contributed by atoms with Crippen molar-refractivity contribution in [3.05, 3.63) is 117 Å². The number of hydrogen-bond donors (Lipinski definition) is 1. The van der Waals surface area contributed by atoms with Crippen LogP contribution in [0.3, 0.4) is 0 Å². The average molecular weight is 597 g/mol. The van der Waals surface area contributed by atoms with Gasteiger partial charge in [-0.2, -0.15) is 9.78 Å². The topological polar surface area (TPSA) is 94.8 Å². The Morgan fingerprint density at radius 1 is 0.975 bits per heavy atom. The van der Waals surface area contributed by atoms with Crippen LogP contribution in [0.4, 0.5) is 5.69 Å². The van der Waals surface area contributed by atoms with Gasteiger partial charge in [0.1, 0.15) is 0 Å². The van der Waals surface area contributed by atoms with E-state index in [4.69, 9.17) is 14.5 Å². The Hall–Kier alpha value is -4.76. The van der Waals surface area contributed by atoms with Crippen LogP contribution in [0.2, 0.25) is 0 Å². The Labute approximate surface area is 239 Å². The number of nitrogens with one attached hydrogen (secondary N) is 1. The molecule has 1 amide bonds. The predicted molar refractivity (Wildman–Crippen MR) is 160 cm³/mol. The molecule has 0 fully saturated rings. The van der Waals surface area contributed by atoms with Gasteiger partial charge in [0.15, 0.2) is 23.9 Å². The lowest BCUT2D eigenvalue weighted by Crippen LogP contribution is -2.20. The molecule has 1 aromatic heterocycles. The van der Waals surface area contributed by atoms with Gasteiger partial charge in [-0.25, -0.2) is 4.98 Å². The highest BCUT2D eigenvalue weighted by Crippen LogP contribution is 2.36. The average Bonchev–Trinajstić information content (AvgIpc) is 2.97. The summed E-state index contributed by atoms with van der Waals surface area (Å²) in [6, 6.07) is 29.3. The zero-order valence-corrected chi connectivity index (χ0v) is 23.2. The standard InChI is InChI=1S/C31H25BrN4O4/c1-2-39-27-18-21(17-25(32)29(27)40-20-28(37)34-23-13-7-4-8-14-23)19-33-36-30(22-11-5-3-6-12-22)35-26-16-10-9-15-24(26)31(36)38/h3-19H,2,20H2,1H3,(H,34,37). The molecule has 1 heterocycles.